The minimum Gasteiger partial charge on any atom is -0.396 e. The molecule has 0 aliphatic carbocycles. The Bertz CT molecular complexity index is 1020. The van der Waals surface area contributed by atoms with Crippen molar-refractivity contribution in [3.05, 3.63) is 69.3 Å². The maximum Gasteiger partial charge on any atom is 0.263 e. The number of aryl methyl sites for hydroxylation is 1. The van der Waals surface area contributed by atoms with Gasteiger partial charge in [0.1, 0.15) is 5.56 Å². The second kappa shape index (κ2) is 8.33. The van der Waals surface area contributed by atoms with Crippen LogP contribution < -0.4 is 16.8 Å². The van der Waals surface area contributed by atoms with E-state index in [-0.39, 0.29) is 12.5 Å². The number of amides is 1. The van der Waals surface area contributed by atoms with E-state index in [1.165, 1.54) is 0 Å². The van der Waals surface area contributed by atoms with Gasteiger partial charge in [0.2, 0.25) is 0 Å². The average molecular weight is 418 g/mol. The molecule has 1 heterocycles. The van der Waals surface area contributed by atoms with E-state index in [2.05, 4.69) is 15.5 Å². The highest BCUT2D eigenvalue weighted by atomic mass is 35.5. The fraction of sp³-hybridized carbons (Fsp3) is 0.105. The normalized spacial score (nSPS) is 11.5. The number of nitrogens with one attached hydrogen (secondary N) is 1. The number of nitrogen functional groups attached to an aromatic ring is 1. The molecule has 0 radical (unpaired) electrons. The van der Waals surface area contributed by atoms with E-state index in [4.69, 9.17) is 39.2 Å². The van der Waals surface area contributed by atoms with Gasteiger partial charge in [0, 0.05) is 5.56 Å². The molecule has 7 nitrogen and oxygen atoms in total. The highest BCUT2D eigenvalue weighted by Crippen LogP contribution is 2.29. The lowest BCUT2D eigenvalue weighted by molar-refractivity contribution is 0.0976. The minimum absolute atomic E-state index is 0.0614. The first-order chi connectivity index (χ1) is 13.4. The molecule has 0 saturated heterocycles. The van der Waals surface area contributed by atoms with Gasteiger partial charge < -0.3 is 16.0 Å². The quantitative estimate of drug-likeness (QED) is 0.338. The molecule has 0 saturated carbocycles. The number of hydrogen-bond donors (Lipinski definition) is 3. The molecule has 3 rings (SSSR count). The van der Waals surface area contributed by atoms with Crippen molar-refractivity contribution in [1.29, 1.82) is 0 Å². The van der Waals surface area contributed by atoms with Crippen LogP contribution in [0.25, 0.3) is 11.3 Å². The zero-order chi connectivity index (χ0) is 20.3. The number of hydrogen-bond acceptors (Lipinski definition) is 5. The predicted molar refractivity (Wildman–Crippen MR) is 110 cm³/mol. The van der Waals surface area contributed by atoms with Crippen molar-refractivity contribution in [1.82, 2.24) is 10.5 Å². The molecule has 1 amide bonds. The molecular formula is C19H17Cl2N5O2. The van der Waals surface area contributed by atoms with Crippen molar-refractivity contribution in [3.63, 3.8) is 0 Å². The second-order valence-corrected chi connectivity index (χ2v) is 6.78. The lowest BCUT2D eigenvalue weighted by Gasteiger charge is -2.07. The third kappa shape index (κ3) is 4.27. The van der Waals surface area contributed by atoms with Crippen LogP contribution in [0.1, 0.15) is 21.6 Å². The van der Waals surface area contributed by atoms with E-state index in [1.807, 2.05) is 30.3 Å². The van der Waals surface area contributed by atoms with Crippen LogP contribution in [0.2, 0.25) is 10.0 Å². The number of aromatic nitrogens is 1. The number of carbonyl (C=O) groups excluding carboxylic acids is 1. The van der Waals surface area contributed by atoms with Gasteiger partial charge >= 0.3 is 0 Å². The Kier molecular flexibility index (Phi) is 5.87. The summed E-state index contributed by atoms with van der Waals surface area (Å²) in [6.07, 6.45) is 0. The van der Waals surface area contributed by atoms with Crippen LogP contribution >= 0.6 is 23.2 Å². The molecule has 144 valence electrons. The van der Waals surface area contributed by atoms with Gasteiger partial charge in [0.25, 0.3) is 5.91 Å². The molecule has 0 atom stereocenters. The summed E-state index contributed by atoms with van der Waals surface area (Å²) in [5.74, 6) is -0.165. The average Bonchev–Trinajstić information content (AvgIpc) is 3.06. The molecule has 9 heteroatoms. The maximum atomic E-state index is 12.7. The number of aliphatic imine (C=N–C) groups is 1. The first kappa shape index (κ1) is 19.7. The van der Waals surface area contributed by atoms with Crippen LogP contribution in [0.4, 0.5) is 5.69 Å². The predicted octanol–water partition coefficient (Wildman–Crippen LogP) is 3.78. The molecule has 0 spiro atoms. The topological polar surface area (TPSA) is 120 Å². The number of nitrogens with zero attached hydrogens (tertiary/aromatic N) is 2. The van der Waals surface area contributed by atoms with Gasteiger partial charge in [-0.3, -0.25) is 10.1 Å². The van der Waals surface area contributed by atoms with Crippen molar-refractivity contribution in [2.24, 2.45) is 10.7 Å². The fourth-order valence-electron chi connectivity index (χ4n) is 2.55. The smallest absolute Gasteiger partial charge is 0.263 e. The van der Waals surface area contributed by atoms with Gasteiger partial charge in [-0.1, -0.05) is 58.7 Å². The molecule has 3 aromatic rings. The Hall–Kier alpha value is -3.03. The van der Waals surface area contributed by atoms with Crippen molar-refractivity contribution < 1.29 is 9.32 Å². The zero-order valence-corrected chi connectivity index (χ0v) is 16.4. The highest BCUT2D eigenvalue weighted by Gasteiger charge is 2.22. The summed E-state index contributed by atoms with van der Waals surface area (Å²) in [5, 5.41) is 7.08. The van der Waals surface area contributed by atoms with E-state index in [1.54, 1.807) is 19.1 Å². The molecule has 0 fully saturated rings. The standard InChI is InChI=1S/C19H17Cl2N5O2/c1-10-15(17(28-26-10)12-5-3-2-4-6-12)18(27)25-19(23)24-9-11-7-13(20)16(22)14(21)8-11/h2-8H,9,22H2,1H3,(H3,23,24,25,27). The molecule has 0 unspecified atom stereocenters. The Morgan fingerprint density at radius 1 is 1.21 bits per heavy atom. The Balaban J connectivity index is 1.76. The molecule has 0 aliphatic rings. The number of carbonyl (C=O) groups is 1. The minimum atomic E-state index is -0.466. The summed E-state index contributed by atoms with van der Waals surface area (Å²) in [4.78, 5) is 16.8. The van der Waals surface area contributed by atoms with Crippen LogP contribution in [0.3, 0.4) is 0 Å². The van der Waals surface area contributed by atoms with Gasteiger partial charge in [0.05, 0.1) is 28.0 Å². The number of halogens is 2. The number of nitrogens with two attached hydrogens (primary N) is 2. The first-order valence-electron chi connectivity index (χ1n) is 8.23. The lowest BCUT2D eigenvalue weighted by Crippen LogP contribution is -2.37. The summed E-state index contributed by atoms with van der Waals surface area (Å²) in [5.41, 5.74) is 14.0. The van der Waals surface area contributed by atoms with Crippen LogP contribution in [0.15, 0.2) is 52.0 Å². The SMILES string of the molecule is Cc1noc(-c2ccccc2)c1C(=O)NC(N)=NCc1cc(Cl)c(N)c(Cl)c1. The van der Waals surface area contributed by atoms with Crippen molar-refractivity contribution in [3.8, 4) is 11.3 Å². The van der Waals surface area contributed by atoms with Gasteiger partial charge in [-0.05, 0) is 24.6 Å². The third-order valence-corrected chi connectivity index (χ3v) is 4.56. The van der Waals surface area contributed by atoms with Crippen LogP contribution in [-0.4, -0.2) is 17.0 Å². The molecule has 28 heavy (non-hydrogen) atoms. The zero-order valence-electron chi connectivity index (χ0n) is 14.9. The summed E-state index contributed by atoms with van der Waals surface area (Å²) in [6.45, 7) is 1.84. The molecular weight excluding hydrogens is 401 g/mol. The Morgan fingerprint density at radius 3 is 2.50 bits per heavy atom. The molecule has 0 aliphatic heterocycles. The second-order valence-electron chi connectivity index (χ2n) is 5.97. The van der Waals surface area contributed by atoms with Crippen LogP contribution in [-0.2, 0) is 6.54 Å². The van der Waals surface area contributed by atoms with E-state index < -0.39 is 5.91 Å². The van der Waals surface area contributed by atoms with Crippen LogP contribution in [0, 0.1) is 6.92 Å². The van der Waals surface area contributed by atoms with Gasteiger partial charge in [-0.15, -0.1) is 0 Å². The van der Waals surface area contributed by atoms with Gasteiger partial charge in [0.15, 0.2) is 11.7 Å². The van der Waals surface area contributed by atoms with Gasteiger partial charge in [-0.25, -0.2) is 4.99 Å². The van der Waals surface area contributed by atoms with E-state index in [0.29, 0.717) is 38.3 Å². The van der Waals surface area contributed by atoms with Crippen molar-refractivity contribution >= 4 is 40.8 Å². The summed E-state index contributed by atoms with van der Waals surface area (Å²) in [7, 11) is 0. The summed E-state index contributed by atoms with van der Waals surface area (Å²) >= 11 is 12.0. The monoisotopic (exact) mass is 417 g/mol. The number of benzene rings is 2. The largest absolute Gasteiger partial charge is 0.396 e. The Labute approximate surface area is 171 Å². The fourth-order valence-corrected chi connectivity index (χ4v) is 3.08. The summed E-state index contributed by atoms with van der Waals surface area (Å²) in [6, 6.07) is 12.5. The number of anilines is 1. The van der Waals surface area contributed by atoms with Crippen molar-refractivity contribution in [2.45, 2.75) is 13.5 Å². The van der Waals surface area contributed by atoms with E-state index in [9.17, 15) is 4.79 Å². The van der Waals surface area contributed by atoms with Crippen LogP contribution in [0.5, 0.6) is 0 Å². The molecule has 5 N–H and O–H groups in total. The van der Waals surface area contributed by atoms with E-state index in [0.717, 1.165) is 5.56 Å². The highest BCUT2D eigenvalue weighted by molar-refractivity contribution is 6.38. The van der Waals surface area contributed by atoms with Gasteiger partial charge in [-0.2, -0.15) is 0 Å². The third-order valence-electron chi connectivity index (χ3n) is 3.94. The van der Waals surface area contributed by atoms with Crippen molar-refractivity contribution in [2.75, 3.05) is 5.73 Å². The van der Waals surface area contributed by atoms with E-state index >= 15 is 0 Å². The molecule has 1 aromatic heterocycles. The molecule has 0 bridgehead atoms. The number of guanidine groups is 1. The summed E-state index contributed by atoms with van der Waals surface area (Å²) < 4.78 is 5.32. The lowest BCUT2D eigenvalue weighted by atomic mass is 10.1. The maximum absolute atomic E-state index is 12.7. The number of rotatable bonds is 4. The first-order valence-corrected chi connectivity index (χ1v) is 8.98. The Morgan fingerprint density at radius 2 is 1.86 bits per heavy atom. The molecule has 2 aromatic carbocycles.